The molecule has 1 N–H and O–H groups in total. The van der Waals surface area contributed by atoms with Crippen LogP contribution < -0.4 is 4.90 Å². The topological polar surface area (TPSA) is 40.5 Å². The Kier molecular flexibility index (Phi) is 2.48. The van der Waals surface area contributed by atoms with Crippen molar-refractivity contribution >= 4 is 22.7 Å². The second-order valence-corrected chi connectivity index (χ2v) is 4.23. The van der Waals surface area contributed by atoms with E-state index in [1.54, 1.807) is 0 Å². The molecule has 74 valence electrons. The van der Waals surface area contributed by atoms with Crippen molar-refractivity contribution in [2.45, 2.75) is 13.2 Å². The first kappa shape index (κ1) is 9.55. The quantitative estimate of drug-likeness (QED) is 0.769. The zero-order chi connectivity index (χ0) is 10.1. The third-order valence-corrected chi connectivity index (χ3v) is 3.07. The Morgan fingerprint density at radius 2 is 2.07 bits per heavy atom. The van der Waals surface area contributed by atoms with E-state index in [9.17, 15) is 9.90 Å². The van der Waals surface area contributed by atoms with E-state index < -0.39 is 6.23 Å². The van der Waals surface area contributed by atoms with Gasteiger partial charge >= 0.3 is 0 Å². The van der Waals surface area contributed by atoms with Crippen LogP contribution in [0.4, 0.5) is 10.5 Å². The third-order valence-electron chi connectivity index (χ3n) is 2.16. The number of aryl methyl sites for hydroxylation is 1. The predicted octanol–water partition coefficient (Wildman–Crippen LogP) is 1.99. The first-order valence-corrected chi connectivity index (χ1v) is 5.38. The number of aliphatic hydroxyl groups is 1. The molecule has 0 aromatic heterocycles. The first-order chi connectivity index (χ1) is 6.68. The lowest BCUT2D eigenvalue weighted by molar-refractivity contribution is 0.200. The molecular weight excluding hydrogens is 198 g/mol. The van der Waals surface area contributed by atoms with Gasteiger partial charge in [0.2, 0.25) is 0 Å². The van der Waals surface area contributed by atoms with Crippen LogP contribution in [0.1, 0.15) is 5.56 Å². The standard InChI is InChI=1S/C10H11NO2S/c1-7-2-4-8(5-3-7)11-9(12)6-14-10(11)13/h2-5,9,12H,6H2,1H3. The Morgan fingerprint density at radius 1 is 1.43 bits per heavy atom. The molecule has 0 aliphatic carbocycles. The molecule has 14 heavy (non-hydrogen) atoms. The lowest BCUT2D eigenvalue weighted by Crippen LogP contribution is -2.32. The van der Waals surface area contributed by atoms with Crippen LogP contribution in [-0.2, 0) is 0 Å². The molecule has 1 saturated heterocycles. The van der Waals surface area contributed by atoms with Gasteiger partial charge in [-0.1, -0.05) is 29.5 Å². The molecule has 3 nitrogen and oxygen atoms in total. The van der Waals surface area contributed by atoms with Gasteiger partial charge < -0.3 is 5.11 Å². The van der Waals surface area contributed by atoms with Gasteiger partial charge in [0.05, 0.1) is 0 Å². The average molecular weight is 209 g/mol. The van der Waals surface area contributed by atoms with Crippen molar-refractivity contribution in [1.29, 1.82) is 0 Å². The summed E-state index contributed by atoms with van der Waals surface area (Å²) in [6, 6.07) is 7.56. The van der Waals surface area contributed by atoms with Gasteiger partial charge in [0.1, 0.15) is 6.23 Å². The van der Waals surface area contributed by atoms with Crippen molar-refractivity contribution in [3.8, 4) is 0 Å². The number of benzene rings is 1. The Morgan fingerprint density at radius 3 is 2.57 bits per heavy atom. The minimum absolute atomic E-state index is 0.0821. The Bertz CT molecular complexity index is 350. The van der Waals surface area contributed by atoms with Crippen LogP contribution in [0.3, 0.4) is 0 Å². The van der Waals surface area contributed by atoms with Gasteiger partial charge in [-0.15, -0.1) is 0 Å². The molecule has 1 aromatic carbocycles. The predicted molar refractivity (Wildman–Crippen MR) is 57.5 cm³/mol. The molecular formula is C10H11NO2S. The molecule has 0 bridgehead atoms. The molecule has 4 heteroatoms. The average Bonchev–Trinajstić information content (AvgIpc) is 2.49. The molecule has 1 unspecified atom stereocenters. The van der Waals surface area contributed by atoms with E-state index in [1.165, 1.54) is 4.90 Å². The van der Waals surface area contributed by atoms with E-state index in [2.05, 4.69) is 0 Å². The number of thioether (sulfide) groups is 1. The maximum atomic E-state index is 11.4. The lowest BCUT2D eigenvalue weighted by atomic mass is 10.2. The fourth-order valence-electron chi connectivity index (χ4n) is 1.39. The van der Waals surface area contributed by atoms with Gasteiger partial charge in [-0.05, 0) is 19.1 Å². The highest BCUT2D eigenvalue weighted by Gasteiger charge is 2.31. The van der Waals surface area contributed by atoms with E-state index in [-0.39, 0.29) is 5.24 Å². The smallest absolute Gasteiger partial charge is 0.288 e. The Labute approximate surface area is 86.7 Å². The van der Waals surface area contributed by atoms with Gasteiger partial charge in [-0.3, -0.25) is 9.69 Å². The molecule has 1 aliphatic rings. The Hall–Kier alpha value is -1.00. The molecule has 1 fully saturated rings. The van der Waals surface area contributed by atoms with E-state index in [0.717, 1.165) is 23.0 Å². The zero-order valence-electron chi connectivity index (χ0n) is 7.80. The molecule has 0 spiro atoms. The SMILES string of the molecule is Cc1ccc(N2C(=O)SCC2O)cc1. The van der Waals surface area contributed by atoms with Gasteiger partial charge in [0.15, 0.2) is 0 Å². The number of anilines is 1. The van der Waals surface area contributed by atoms with Crippen molar-refractivity contribution in [3.05, 3.63) is 29.8 Å². The number of nitrogens with zero attached hydrogens (tertiary/aromatic N) is 1. The molecule has 1 aromatic rings. The first-order valence-electron chi connectivity index (χ1n) is 4.39. The number of amides is 1. The van der Waals surface area contributed by atoms with Gasteiger partial charge in [0, 0.05) is 11.4 Å². The number of hydrogen-bond acceptors (Lipinski definition) is 3. The summed E-state index contributed by atoms with van der Waals surface area (Å²) in [5.41, 5.74) is 1.90. The van der Waals surface area contributed by atoms with Crippen molar-refractivity contribution in [2.24, 2.45) is 0 Å². The lowest BCUT2D eigenvalue weighted by Gasteiger charge is -2.19. The summed E-state index contributed by atoms with van der Waals surface area (Å²) < 4.78 is 0. The third kappa shape index (κ3) is 1.63. The summed E-state index contributed by atoms with van der Waals surface area (Å²) in [6.45, 7) is 1.99. The minimum Gasteiger partial charge on any atom is -0.372 e. The monoisotopic (exact) mass is 209 g/mol. The number of carbonyl (C=O) groups is 1. The molecule has 1 heterocycles. The van der Waals surface area contributed by atoms with E-state index in [1.807, 2.05) is 31.2 Å². The molecule has 0 saturated carbocycles. The second kappa shape index (κ2) is 3.63. The van der Waals surface area contributed by atoms with E-state index >= 15 is 0 Å². The summed E-state index contributed by atoms with van der Waals surface area (Å²) in [7, 11) is 0. The summed E-state index contributed by atoms with van der Waals surface area (Å²) in [4.78, 5) is 12.8. The summed E-state index contributed by atoms with van der Waals surface area (Å²) >= 11 is 1.15. The molecule has 1 aliphatic heterocycles. The minimum atomic E-state index is -0.685. The second-order valence-electron chi connectivity index (χ2n) is 3.26. The van der Waals surface area contributed by atoms with Crippen molar-refractivity contribution in [3.63, 3.8) is 0 Å². The van der Waals surface area contributed by atoms with Crippen LogP contribution in [-0.4, -0.2) is 22.3 Å². The normalized spacial score (nSPS) is 21.7. The highest BCUT2D eigenvalue weighted by molar-refractivity contribution is 8.14. The highest BCUT2D eigenvalue weighted by Crippen LogP contribution is 2.28. The molecule has 2 rings (SSSR count). The fraction of sp³-hybridized carbons (Fsp3) is 0.300. The fourth-order valence-corrected chi connectivity index (χ4v) is 2.20. The summed E-state index contributed by atoms with van der Waals surface area (Å²) in [5.74, 6) is 0.451. The maximum Gasteiger partial charge on any atom is 0.288 e. The van der Waals surface area contributed by atoms with E-state index in [0.29, 0.717) is 5.75 Å². The van der Waals surface area contributed by atoms with E-state index in [4.69, 9.17) is 0 Å². The molecule has 1 atom stereocenters. The van der Waals surface area contributed by atoms with Crippen LogP contribution in [0.15, 0.2) is 24.3 Å². The van der Waals surface area contributed by atoms with Crippen LogP contribution in [0.25, 0.3) is 0 Å². The van der Waals surface area contributed by atoms with Crippen molar-refractivity contribution < 1.29 is 9.90 Å². The number of rotatable bonds is 1. The highest BCUT2D eigenvalue weighted by atomic mass is 32.2. The van der Waals surface area contributed by atoms with Crippen molar-refractivity contribution in [1.82, 2.24) is 0 Å². The number of carbonyl (C=O) groups excluding carboxylic acids is 1. The van der Waals surface area contributed by atoms with Gasteiger partial charge in [0.25, 0.3) is 5.24 Å². The number of aliphatic hydroxyl groups excluding tert-OH is 1. The van der Waals surface area contributed by atoms with Crippen LogP contribution >= 0.6 is 11.8 Å². The van der Waals surface area contributed by atoms with Crippen LogP contribution in [0.5, 0.6) is 0 Å². The summed E-state index contributed by atoms with van der Waals surface area (Å²) in [6.07, 6.45) is -0.685. The van der Waals surface area contributed by atoms with Gasteiger partial charge in [-0.2, -0.15) is 0 Å². The Balaban J connectivity index is 2.30. The maximum absolute atomic E-state index is 11.4. The summed E-state index contributed by atoms with van der Waals surface area (Å²) in [5, 5.41) is 9.48. The van der Waals surface area contributed by atoms with Crippen LogP contribution in [0, 0.1) is 6.92 Å². The molecule has 1 amide bonds. The van der Waals surface area contributed by atoms with Crippen LogP contribution in [0.2, 0.25) is 0 Å². The van der Waals surface area contributed by atoms with Crippen molar-refractivity contribution in [2.75, 3.05) is 10.7 Å². The van der Waals surface area contributed by atoms with Gasteiger partial charge in [-0.25, -0.2) is 0 Å². The zero-order valence-corrected chi connectivity index (χ0v) is 8.62. The molecule has 0 radical (unpaired) electrons. The largest absolute Gasteiger partial charge is 0.372 e. The number of hydrogen-bond donors (Lipinski definition) is 1.